The largest absolute Gasteiger partial charge is 0.0628 e. The van der Waals surface area contributed by atoms with E-state index in [4.69, 9.17) is 0 Å². The lowest BCUT2D eigenvalue weighted by Crippen LogP contribution is -2.09. The lowest BCUT2D eigenvalue weighted by atomic mass is 9.86. The zero-order chi connectivity index (χ0) is 14.0. The molecule has 18 heavy (non-hydrogen) atoms. The van der Waals surface area contributed by atoms with Crippen molar-refractivity contribution in [2.75, 3.05) is 0 Å². The van der Waals surface area contributed by atoms with Crippen LogP contribution in [0.15, 0.2) is 0 Å². The van der Waals surface area contributed by atoms with E-state index in [2.05, 4.69) is 41.5 Å². The van der Waals surface area contributed by atoms with Crippen molar-refractivity contribution in [1.82, 2.24) is 0 Å². The Bertz CT molecular complexity index is 169. The Morgan fingerprint density at radius 3 is 1.39 bits per heavy atom. The molecule has 0 aliphatic carbocycles. The van der Waals surface area contributed by atoms with Gasteiger partial charge in [0.15, 0.2) is 0 Å². The summed E-state index contributed by atoms with van der Waals surface area (Å²) in [6.07, 6.45) is 11.5. The minimum Gasteiger partial charge on any atom is -0.0628 e. The normalized spacial score (nSPS) is 15.3. The van der Waals surface area contributed by atoms with Gasteiger partial charge in [-0.25, -0.2) is 0 Å². The molecule has 0 aromatic heterocycles. The molecule has 0 aliphatic heterocycles. The molecule has 0 heterocycles. The molecule has 0 amide bonds. The van der Waals surface area contributed by atoms with Crippen LogP contribution in [0, 0.1) is 23.7 Å². The summed E-state index contributed by atoms with van der Waals surface area (Å²) >= 11 is 0. The van der Waals surface area contributed by atoms with E-state index in [-0.39, 0.29) is 0 Å². The van der Waals surface area contributed by atoms with Gasteiger partial charge in [0.05, 0.1) is 0 Å². The summed E-state index contributed by atoms with van der Waals surface area (Å²) in [5.74, 6) is 3.60. The Hall–Kier alpha value is 0. The first-order valence-electron chi connectivity index (χ1n) is 8.43. The standard InChI is InChI=1S/C18H38/c1-15(2)11-9-7-8-10-12-17(5)18(6)14-13-16(3)4/h15-18H,7-14H2,1-6H3. The average Bonchev–Trinajstić information content (AvgIpc) is 2.29. The van der Waals surface area contributed by atoms with Crippen molar-refractivity contribution in [1.29, 1.82) is 0 Å². The van der Waals surface area contributed by atoms with Crippen LogP contribution in [-0.4, -0.2) is 0 Å². The van der Waals surface area contributed by atoms with Crippen LogP contribution in [0.1, 0.15) is 92.9 Å². The molecule has 0 spiro atoms. The molecule has 0 aromatic rings. The third kappa shape index (κ3) is 11.1. The van der Waals surface area contributed by atoms with Crippen molar-refractivity contribution in [3.05, 3.63) is 0 Å². The molecule has 0 fully saturated rings. The lowest BCUT2D eigenvalue weighted by Gasteiger charge is -2.20. The molecule has 0 aromatic carbocycles. The van der Waals surface area contributed by atoms with Crippen LogP contribution in [0.4, 0.5) is 0 Å². The molecular weight excluding hydrogens is 216 g/mol. The Kier molecular flexibility index (Phi) is 10.9. The third-order valence-corrected chi connectivity index (χ3v) is 4.36. The fourth-order valence-corrected chi connectivity index (χ4v) is 2.54. The van der Waals surface area contributed by atoms with E-state index in [0.29, 0.717) is 0 Å². The van der Waals surface area contributed by atoms with Gasteiger partial charge in [0, 0.05) is 0 Å². The molecule has 2 unspecified atom stereocenters. The summed E-state index contributed by atoms with van der Waals surface area (Å²) in [6, 6.07) is 0. The van der Waals surface area contributed by atoms with Gasteiger partial charge in [-0.2, -0.15) is 0 Å². The van der Waals surface area contributed by atoms with E-state index in [0.717, 1.165) is 23.7 Å². The summed E-state index contributed by atoms with van der Waals surface area (Å²) in [5.41, 5.74) is 0. The summed E-state index contributed by atoms with van der Waals surface area (Å²) in [6.45, 7) is 14.3. The highest BCUT2D eigenvalue weighted by atomic mass is 14.2. The van der Waals surface area contributed by atoms with Crippen LogP contribution in [-0.2, 0) is 0 Å². The minimum atomic E-state index is 0.871. The van der Waals surface area contributed by atoms with E-state index in [1.807, 2.05) is 0 Å². The van der Waals surface area contributed by atoms with Crippen LogP contribution in [0.3, 0.4) is 0 Å². The highest BCUT2D eigenvalue weighted by molar-refractivity contribution is 4.63. The van der Waals surface area contributed by atoms with Crippen molar-refractivity contribution in [3.8, 4) is 0 Å². The molecular formula is C18H38. The molecule has 0 nitrogen and oxygen atoms in total. The maximum atomic E-state index is 2.46. The van der Waals surface area contributed by atoms with Gasteiger partial charge >= 0.3 is 0 Å². The van der Waals surface area contributed by atoms with E-state index in [9.17, 15) is 0 Å². The van der Waals surface area contributed by atoms with Crippen LogP contribution in [0.25, 0.3) is 0 Å². The SMILES string of the molecule is CC(C)CCCCCCC(C)C(C)CCC(C)C. The van der Waals surface area contributed by atoms with Gasteiger partial charge in [-0.15, -0.1) is 0 Å². The summed E-state index contributed by atoms with van der Waals surface area (Å²) < 4.78 is 0. The van der Waals surface area contributed by atoms with Gasteiger partial charge in [0.1, 0.15) is 0 Å². The lowest BCUT2D eigenvalue weighted by molar-refractivity contribution is 0.312. The second-order valence-corrected chi connectivity index (χ2v) is 7.31. The zero-order valence-corrected chi connectivity index (χ0v) is 14.0. The zero-order valence-electron chi connectivity index (χ0n) is 14.0. The first-order valence-corrected chi connectivity index (χ1v) is 8.43. The van der Waals surface area contributed by atoms with Gasteiger partial charge in [-0.05, 0) is 23.7 Å². The number of rotatable bonds is 11. The van der Waals surface area contributed by atoms with Crippen molar-refractivity contribution >= 4 is 0 Å². The topological polar surface area (TPSA) is 0 Å². The van der Waals surface area contributed by atoms with E-state index >= 15 is 0 Å². The number of hydrogen-bond donors (Lipinski definition) is 0. The van der Waals surface area contributed by atoms with Crippen LogP contribution >= 0.6 is 0 Å². The maximum Gasteiger partial charge on any atom is -0.0417 e. The third-order valence-electron chi connectivity index (χ3n) is 4.36. The van der Waals surface area contributed by atoms with E-state index in [1.165, 1.54) is 51.4 Å². The molecule has 0 saturated carbocycles. The van der Waals surface area contributed by atoms with Crippen LogP contribution in [0.2, 0.25) is 0 Å². The Morgan fingerprint density at radius 1 is 0.444 bits per heavy atom. The molecule has 0 bridgehead atoms. The maximum absolute atomic E-state index is 2.46. The van der Waals surface area contributed by atoms with E-state index in [1.54, 1.807) is 0 Å². The second-order valence-electron chi connectivity index (χ2n) is 7.31. The summed E-state index contributed by atoms with van der Waals surface area (Å²) in [4.78, 5) is 0. The molecule has 110 valence electrons. The monoisotopic (exact) mass is 254 g/mol. The molecule has 2 atom stereocenters. The average molecular weight is 255 g/mol. The molecule has 0 heteroatoms. The summed E-state index contributed by atoms with van der Waals surface area (Å²) in [7, 11) is 0. The second kappa shape index (κ2) is 10.9. The predicted molar refractivity (Wildman–Crippen MR) is 84.9 cm³/mol. The van der Waals surface area contributed by atoms with Crippen molar-refractivity contribution < 1.29 is 0 Å². The number of unbranched alkanes of at least 4 members (excludes halogenated alkanes) is 3. The van der Waals surface area contributed by atoms with Gasteiger partial charge in [0.25, 0.3) is 0 Å². The fraction of sp³-hybridized carbons (Fsp3) is 1.00. The van der Waals surface area contributed by atoms with E-state index < -0.39 is 0 Å². The van der Waals surface area contributed by atoms with Crippen molar-refractivity contribution in [2.24, 2.45) is 23.7 Å². The van der Waals surface area contributed by atoms with Gasteiger partial charge in [0.2, 0.25) is 0 Å². The smallest absolute Gasteiger partial charge is 0.0417 e. The quantitative estimate of drug-likeness (QED) is 0.360. The molecule has 0 saturated heterocycles. The molecule has 0 N–H and O–H groups in total. The summed E-state index contributed by atoms with van der Waals surface area (Å²) in [5, 5.41) is 0. The molecule has 0 rings (SSSR count). The number of hydrogen-bond acceptors (Lipinski definition) is 0. The van der Waals surface area contributed by atoms with Gasteiger partial charge in [-0.3, -0.25) is 0 Å². The Morgan fingerprint density at radius 2 is 0.889 bits per heavy atom. The minimum absolute atomic E-state index is 0.871. The molecule has 0 aliphatic rings. The van der Waals surface area contributed by atoms with Gasteiger partial charge < -0.3 is 0 Å². The van der Waals surface area contributed by atoms with Crippen molar-refractivity contribution in [3.63, 3.8) is 0 Å². The first-order chi connectivity index (χ1) is 8.43. The van der Waals surface area contributed by atoms with Crippen molar-refractivity contribution in [2.45, 2.75) is 92.9 Å². The fourth-order valence-electron chi connectivity index (χ4n) is 2.54. The Labute approximate surface area is 117 Å². The van der Waals surface area contributed by atoms with Gasteiger partial charge in [-0.1, -0.05) is 92.9 Å². The molecule has 0 radical (unpaired) electrons. The van der Waals surface area contributed by atoms with Crippen LogP contribution in [0.5, 0.6) is 0 Å². The van der Waals surface area contributed by atoms with Crippen LogP contribution < -0.4 is 0 Å². The highest BCUT2D eigenvalue weighted by Crippen LogP contribution is 2.24. The first kappa shape index (κ1) is 18.0. The predicted octanol–water partition coefficient (Wildman–Crippen LogP) is 6.69. The Balaban J connectivity index is 3.43. The highest BCUT2D eigenvalue weighted by Gasteiger charge is 2.12.